The molecule has 0 bridgehead atoms. The van der Waals surface area contributed by atoms with Gasteiger partial charge < -0.3 is 16.0 Å². The average Bonchev–Trinajstić information content (AvgIpc) is 3.12. The van der Waals surface area contributed by atoms with Crippen LogP contribution in [0, 0.1) is 11.7 Å². The Kier molecular flexibility index (Phi) is 5.55. The minimum Gasteiger partial charge on any atom is -0.369 e. The lowest BCUT2D eigenvalue weighted by Crippen LogP contribution is -2.32. The van der Waals surface area contributed by atoms with Gasteiger partial charge in [0, 0.05) is 23.1 Å². The molecule has 0 radical (unpaired) electrons. The number of halogens is 2. The summed E-state index contributed by atoms with van der Waals surface area (Å²) < 4.78 is 14.5. The molecule has 1 fully saturated rings. The Morgan fingerprint density at radius 1 is 1.19 bits per heavy atom. The van der Waals surface area contributed by atoms with E-state index >= 15 is 0 Å². The van der Waals surface area contributed by atoms with E-state index in [0.717, 1.165) is 16.6 Å². The Morgan fingerprint density at radius 3 is 2.63 bits per heavy atom. The van der Waals surface area contributed by atoms with E-state index in [1.807, 2.05) is 0 Å². The number of hydrogen-bond donors (Lipinski definition) is 2. The molecule has 1 aliphatic rings. The molecule has 3 rings (SSSR count). The van der Waals surface area contributed by atoms with Crippen molar-refractivity contribution < 1.29 is 18.8 Å². The van der Waals surface area contributed by atoms with Gasteiger partial charge in [0.15, 0.2) is 0 Å². The molecular formula is C19H17BrFN3O3. The van der Waals surface area contributed by atoms with Gasteiger partial charge in [-0.2, -0.15) is 0 Å². The fraction of sp³-hybridized carbons (Fsp3) is 0.211. The number of anilines is 1. The molecule has 0 aliphatic carbocycles. The highest BCUT2D eigenvalue weighted by Gasteiger charge is 2.31. The highest BCUT2D eigenvalue weighted by molar-refractivity contribution is 9.10. The van der Waals surface area contributed by atoms with Crippen molar-refractivity contribution >= 4 is 39.3 Å². The molecule has 6 nitrogen and oxygen atoms in total. The summed E-state index contributed by atoms with van der Waals surface area (Å²) in [6.07, 6.45) is 0.488. The molecule has 0 saturated carbocycles. The lowest BCUT2D eigenvalue weighted by Gasteiger charge is -2.18. The van der Waals surface area contributed by atoms with Crippen molar-refractivity contribution in [2.75, 3.05) is 18.4 Å². The summed E-state index contributed by atoms with van der Waals surface area (Å²) >= 11 is 3.29. The number of hydrogen-bond acceptors (Lipinski definition) is 3. The lowest BCUT2D eigenvalue weighted by molar-refractivity contribution is -0.121. The van der Waals surface area contributed by atoms with Crippen molar-refractivity contribution in [3.05, 3.63) is 63.9 Å². The molecule has 8 heteroatoms. The van der Waals surface area contributed by atoms with Crippen molar-refractivity contribution in [1.29, 1.82) is 0 Å². The maximum Gasteiger partial charge on any atom is 0.255 e. The first-order valence-corrected chi connectivity index (χ1v) is 9.09. The topological polar surface area (TPSA) is 92.5 Å². The third kappa shape index (κ3) is 4.33. The Hall–Kier alpha value is -2.74. The van der Waals surface area contributed by atoms with Crippen LogP contribution in [0.5, 0.6) is 0 Å². The van der Waals surface area contributed by atoms with Gasteiger partial charge >= 0.3 is 0 Å². The predicted molar refractivity (Wildman–Crippen MR) is 102 cm³/mol. The zero-order chi connectivity index (χ0) is 19.6. The first kappa shape index (κ1) is 19.0. The zero-order valence-electron chi connectivity index (χ0n) is 14.2. The Balaban J connectivity index is 1.84. The standard InChI is InChI=1S/C19H17BrFN3O3/c20-13-3-1-2-11(8-13)18(26)23-16-9-14(21)4-5-15(16)19(27)24-7-6-12(10-24)17(22)25/h1-5,8-9,12H,6-7,10H2,(H2,22,25)(H,23,26). The largest absolute Gasteiger partial charge is 0.369 e. The molecule has 1 unspecified atom stereocenters. The van der Waals surface area contributed by atoms with Crippen LogP contribution in [0.1, 0.15) is 27.1 Å². The third-order valence-corrected chi connectivity index (χ3v) is 4.92. The molecular weight excluding hydrogens is 417 g/mol. The van der Waals surface area contributed by atoms with Gasteiger partial charge in [0.2, 0.25) is 5.91 Å². The van der Waals surface area contributed by atoms with Gasteiger partial charge in [-0.3, -0.25) is 14.4 Å². The number of nitrogens with zero attached hydrogens (tertiary/aromatic N) is 1. The Morgan fingerprint density at radius 2 is 1.96 bits per heavy atom. The van der Waals surface area contributed by atoms with E-state index in [9.17, 15) is 18.8 Å². The highest BCUT2D eigenvalue weighted by Crippen LogP contribution is 2.24. The molecule has 1 saturated heterocycles. The average molecular weight is 434 g/mol. The maximum absolute atomic E-state index is 13.7. The number of amides is 3. The lowest BCUT2D eigenvalue weighted by atomic mass is 10.1. The van der Waals surface area contributed by atoms with E-state index in [-0.39, 0.29) is 23.7 Å². The van der Waals surface area contributed by atoms with E-state index in [1.165, 1.54) is 11.0 Å². The number of rotatable bonds is 4. The van der Waals surface area contributed by atoms with E-state index in [0.29, 0.717) is 18.5 Å². The summed E-state index contributed by atoms with van der Waals surface area (Å²) in [7, 11) is 0. The van der Waals surface area contributed by atoms with E-state index in [1.54, 1.807) is 24.3 Å². The van der Waals surface area contributed by atoms with Crippen molar-refractivity contribution in [2.45, 2.75) is 6.42 Å². The van der Waals surface area contributed by atoms with Crippen molar-refractivity contribution in [3.8, 4) is 0 Å². The minimum absolute atomic E-state index is 0.0764. The molecule has 1 heterocycles. The smallest absolute Gasteiger partial charge is 0.255 e. The normalized spacial score (nSPS) is 16.2. The second kappa shape index (κ2) is 7.87. The molecule has 3 amide bonds. The van der Waals surface area contributed by atoms with E-state index in [4.69, 9.17) is 5.73 Å². The molecule has 1 atom stereocenters. The minimum atomic E-state index is -0.576. The summed E-state index contributed by atoms with van der Waals surface area (Å²) in [6, 6.07) is 10.3. The molecule has 27 heavy (non-hydrogen) atoms. The first-order valence-electron chi connectivity index (χ1n) is 8.30. The van der Waals surface area contributed by atoms with Crippen molar-refractivity contribution in [2.24, 2.45) is 11.7 Å². The van der Waals surface area contributed by atoms with Crippen LogP contribution in [-0.2, 0) is 4.79 Å². The maximum atomic E-state index is 13.7. The van der Waals surface area contributed by atoms with Crippen molar-refractivity contribution in [1.82, 2.24) is 4.90 Å². The zero-order valence-corrected chi connectivity index (χ0v) is 15.8. The summed E-state index contributed by atoms with van der Waals surface area (Å²) in [5.74, 6) is -2.27. The molecule has 2 aromatic rings. The van der Waals surface area contributed by atoms with Crippen LogP contribution in [0.3, 0.4) is 0 Å². The number of nitrogens with two attached hydrogens (primary N) is 1. The fourth-order valence-corrected chi connectivity index (χ4v) is 3.38. The molecule has 0 spiro atoms. The number of likely N-dealkylation sites (tertiary alicyclic amines) is 1. The fourth-order valence-electron chi connectivity index (χ4n) is 2.98. The highest BCUT2D eigenvalue weighted by atomic mass is 79.9. The summed E-state index contributed by atoms with van der Waals surface area (Å²) in [5.41, 5.74) is 5.90. The number of carbonyl (C=O) groups excluding carboxylic acids is 3. The molecule has 1 aliphatic heterocycles. The second-order valence-electron chi connectivity index (χ2n) is 6.29. The van der Waals surface area contributed by atoms with Crippen LogP contribution in [0.25, 0.3) is 0 Å². The molecule has 140 valence electrons. The summed E-state index contributed by atoms with van der Waals surface area (Å²) in [6.45, 7) is 0.591. The SMILES string of the molecule is NC(=O)C1CCN(C(=O)c2ccc(F)cc2NC(=O)c2cccc(Br)c2)C1. The predicted octanol–water partition coefficient (Wildman–Crippen LogP) is 2.79. The monoisotopic (exact) mass is 433 g/mol. The first-order chi connectivity index (χ1) is 12.8. The van der Waals surface area contributed by atoms with Gasteiger partial charge in [-0.1, -0.05) is 22.0 Å². The molecule has 0 aromatic heterocycles. The van der Waals surface area contributed by atoms with Gasteiger partial charge in [-0.15, -0.1) is 0 Å². The van der Waals surface area contributed by atoms with Crippen LogP contribution in [-0.4, -0.2) is 35.7 Å². The Labute approximate surface area is 163 Å². The van der Waals surface area contributed by atoms with Gasteiger partial charge in [-0.25, -0.2) is 4.39 Å². The van der Waals surface area contributed by atoms with Gasteiger partial charge in [0.05, 0.1) is 17.2 Å². The van der Waals surface area contributed by atoms with Gasteiger partial charge in [0.25, 0.3) is 11.8 Å². The molecule has 3 N–H and O–H groups in total. The number of nitrogens with one attached hydrogen (secondary N) is 1. The molecule has 2 aromatic carbocycles. The second-order valence-corrected chi connectivity index (χ2v) is 7.21. The van der Waals surface area contributed by atoms with E-state index < -0.39 is 23.5 Å². The summed E-state index contributed by atoms with van der Waals surface area (Å²) in [5, 5.41) is 2.59. The third-order valence-electron chi connectivity index (χ3n) is 4.42. The van der Waals surface area contributed by atoms with Gasteiger partial charge in [-0.05, 0) is 42.8 Å². The Bertz CT molecular complexity index is 919. The summed E-state index contributed by atoms with van der Waals surface area (Å²) in [4.78, 5) is 38.1. The number of primary amides is 1. The van der Waals surface area contributed by atoms with E-state index in [2.05, 4.69) is 21.2 Å². The van der Waals surface area contributed by atoms with Crippen LogP contribution in [0.4, 0.5) is 10.1 Å². The number of carbonyl (C=O) groups is 3. The quantitative estimate of drug-likeness (QED) is 0.775. The van der Waals surface area contributed by atoms with Gasteiger partial charge in [0.1, 0.15) is 5.82 Å². The number of benzene rings is 2. The van der Waals surface area contributed by atoms with Crippen LogP contribution in [0.2, 0.25) is 0 Å². The van der Waals surface area contributed by atoms with Crippen LogP contribution >= 0.6 is 15.9 Å². The van der Waals surface area contributed by atoms with Crippen molar-refractivity contribution in [3.63, 3.8) is 0 Å². The van der Waals surface area contributed by atoms with Crippen LogP contribution in [0.15, 0.2) is 46.9 Å². The van der Waals surface area contributed by atoms with Crippen LogP contribution < -0.4 is 11.1 Å².